The molecule has 0 saturated carbocycles. The molecular formula is C12H15F2NO3. The maximum atomic E-state index is 13.2. The average molecular weight is 259 g/mol. The van der Waals surface area contributed by atoms with Crippen molar-refractivity contribution in [2.45, 2.75) is 18.9 Å². The zero-order valence-corrected chi connectivity index (χ0v) is 9.95. The normalized spacial score (nSPS) is 12.0. The number of hydrogen-bond donors (Lipinski definition) is 2. The summed E-state index contributed by atoms with van der Waals surface area (Å²) in [6, 6.07) is 3.12. The van der Waals surface area contributed by atoms with Crippen molar-refractivity contribution in [3.05, 3.63) is 29.8 Å². The van der Waals surface area contributed by atoms with Crippen LogP contribution in [0.15, 0.2) is 18.2 Å². The Labute approximate surface area is 104 Å². The van der Waals surface area contributed by atoms with Gasteiger partial charge in [-0.25, -0.2) is 8.78 Å². The molecule has 0 aliphatic rings. The first-order valence-electron chi connectivity index (χ1n) is 5.46. The van der Waals surface area contributed by atoms with Crippen molar-refractivity contribution in [1.29, 1.82) is 0 Å². The number of carbonyl (C=O) groups is 1. The Kier molecular flexibility index (Phi) is 5.51. The van der Waals surface area contributed by atoms with Crippen LogP contribution in [0.2, 0.25) is 0 Å². The number of aliphatic hydroxyl groups excluding tert-OH is 1. The molecule has 0 amide bonds. The van der Waals surface area contributed by atoms with Crippen LogP contribution in [0.3, 0.4) is 0 Å². The highest BCUT2D eigenvalue weighted by Crippen LogP contribution is 2.15. The third-order valence-electron chi connectivity index (χ3n) is 2.37. The maximum Gasteiger partial charge on any atom is 0.305 e. The summed E-state index contributed by atoms with van der Waals surface area (Å²) in [7, 11) is 1.26. The van der Waals surface area contributed by atoms with Crippen molar-refractivity contribution in [1.82, 2.24) is 0 Å². The van der Waals surface area contributed by atoms with E-state index in [1.54, 1.807) is 0 Å². The molecule has 1 unspecified atom stereocenters. The second-order valence-electron chi connectivity index (χ2n) is 3.77. The van der Waals surface area contributed by atoms with Gasteiger partial charge in [0, 0.05) is 19.0 Å². The summed E-state index contributed by atoms with van der Waals surface area (Å²) < 4.78 is 30.3. The number of aliphatic hydroxyl groups is 1. The number of nitrogens with one attached hydrogen (secondary N) is 1. The van der Waals surface area contributed by atoms with Crippen molar-refractivity contribution in [3.63, 3.8) is 0 Å². The lowest BCUT2D eigenvalue weighted by Crippen LogP contribution is -2.21. The Morgan fingerprint density at radius 1 is 1.50 bits per heavy atom. The zero-order chi connectivity index (χ0) is 13.5. The van der Waals surface area contributed by atoms with Crippen molar-refractivity contribution < 1.29 is 23.4 Å². The number of benzene rings is 1. The van der Waals surface area contributed by atoms with Gasteiger partial charge in [-0.05, 0) is 18.6 Å². The molecule has 2 N–H and O–H groups in total. The first-order chi connectivity index (χ1) is 8.52. The number of esters is 1. The third kappa shape index (κ3) is 4.67. The van der Waals surface area contributed by atoms with Gasteiger partial charge >= 0.3 is 5.97 Å². The van der Waals surface area contributed by atoms with Gasteiger partial charge in [-0.2, -0.15) is 0 Å². The predicted molar refractivity (Wildman–Crippen MR) is 62.1 cm³/mol. The Hall–Kier alpha value is -1.69. The molecule has 1 aromatic carbocycles. The van der Waals surface area contributed by atoms with Crippen molar-refractivity contribution in [3.8, 4) is 0 Å². The number of methoxy groups -OCH3 is 1. The van der Waals surface area contributed by atoms with Gasteiger partial charge in [-0.1, -0.05) is 0 Å². The largest absolute Gasteiger partial charge is 0.469 e. The number of hydrogen-bond acceptors (Lipinski definition) is 4. The van der Waals surface area contributed by atoms with Crippen LogP contribution in [-0.2, 0) is 9.53 Å². The molecule has 0 fully saturated rings. The fourth-order valence-corrected chi connectivity index (χ4v) is 1.35. The topological polar surface area (TPSA) is 58.6 Å². The highest BCUT2D eigenvalue weighted by atomic mass is 19.1. The number of ether oxygens (including phenoxy) is 1. The Morgan fingerprint density at radius 3 is 2.83 bits per heavy atom. The van der Waals surface area contributed by atoms with Gasteiger partial charge in [0.2, 0.25) is 0 Å². The van der Waals surface area contributed by atoms with E-state index in [4.69, 9.17) is 0 Å². The quantitative estimate of drug-likeness (QED) is 0.763. The number of anilines is 1. The van der Waals surface area contributed by atoms with E-state index >= 15 is 0 Å². The first-order valence-corrected chi connectivity index (χ1v) is 5.46. The summed E-state index contributed by atoms with van der Waals surface area (Å²) in [5.74, 6) is -1.80. The fraction of sp³-hybridized carbons (Fsp3) is 0.417. The molecule has 0 bridgehead atoms. The van der Waals surface area contributed by atoms with Gasteiger partial charge in [0.1, 0.15) is 11.6 Å². The summed E-state index contributed by atoms with van der Waals surface area (Å²) in [4.78, 5) is 10.8. The second kappa shape index (κ2) is 6.90. The molecule has 1 rings (SSSR count). The monoisotopic (exact) mass is 259 g/mol. The molecule has 0 heterocycles. The van der Waals surface area contributed by atoms with Crippen LogP contribution in [0, 0.1) is 11.6 Å². The number of halogens is 2. The van der Waals surface area contributed by atoms with E-state index in [2.05, 4.69) is 10.1 Å². The van der Waals surface area contributed by atoms with Crippen LogP contribution in [0.4, 0.5) is 14.5 Å². The predicted octanol–water partition coefficient (Wildman–Crippen LogP) is 1.69. The summed E-state index contributed by atoms with van der Waals surface area (Å²) in [6.45, 7) is 0.0690. The number of carbonyl (C=O) groups excluding carboxylic acids is 1. The minimum atomic E-state index is -0.812. The van der Waals surface area contributed by atoms with E-state index in [1.165, 1.54) is 13.2 Å². The van der Waals surface area contributed by atoms with Crippen LogP contribution in [0.1, 0.15) is 12.8 Å². The molecule has 0 radical (unpaired) electrons. The SMILES string of the molecule is COC(=O)CCC(O)CNc1ccc(F)cc1F. The first kappa shape index (κ1) is 14.4. The standard InChI is InChI=1S/C12H15F2NO3/c1-18-12(17)5-3-9(16)7-15-11-4-2-8(13)6-10(11)14/h2,4,6,9,15-16H,3,5,7H2,1H3. The van der Waals surface area contributed by atoms with Gasteiger partial charge < -0.3 is 15.2 Å². The van der Waals surface area contributed by atoms with E-state index in [0.29, 0.717) is 0 Å². The molecule has 0 aliphatic carbocycles. The van der Waals surface area contributed by atoms with Gasteiger partial charge in [0.05, 0.1) is 18.9 Å². The van der Waals surface area contributed by atoms with Gasteiger partial charge in [0.25, 0.3) is 0 Å². The molecule has 100 valence electrons. The number of rotatable bonds is 6. The average Bonchev–Trinajstić information content (AvgIpc) is 2.34. The smallest absolute Gasteiger partial charge is 0.305 e. The van der Waals surface area contributed by atoms with Crippen LogP contribution >= 0.6 is 0 Å². The summed E-state index contributed by atoms with van der Waals surface area (Å²) >= 11 is 0. The van der Waals surface area contributed by atoms with E-state index in [9.17, 15) is 18.7 Å². The third-order valence-corrected chi connectivity index (χ3v) is 2.37. The molecule has 0 spiro atoms. The molecular weight excluding hydrogens is 244 g/mol. The highest BCUT2D eigenvalue weighted by molar-refractivity contribution is 5.69. The lowest BCUT2D eigenvalue weighted by molar-refractivity contribution is -0.141. The molecule has 18 heavy (non-hydrogen) atoms. The van der Waals surface area contributed by atoms with E-state index in [1.807, 2.05) is 0 Å². The fourth-order valence-electron chi connectivity index (χ4n) is 1.35. The van der Waals surface area contributed by atoms with Crippen molar-refractivity contribution >= 4 is 11.7 Å². The Bertz CT molecular complexity index is 412. The minimum Gasteiger partial charge on any atom is -0.469 e. The molecule has 0 aliphatic heterocycles. The van der Waals surface area contributed by atoms with Gasteiger partial charge in [0.15, 0.2) is 0 Å². The van der Waals surface area contributed by atoms with E-state index in [-0.39, 0.29) is 25.1 Å². The molecule has 0 aromatic heterocycles. The highest BCUT2D eigenvalue weighted by Gasteiger charge is 2.09. The second-order valence-corrected chi connectivity index (χ2v) is 3.77. The molecule has 1 atom stereocenters. The maximum absolute atomic E-state index is 13.2. The summed E-state index contributed by atoms with van der Waals surface area (Å²) in [5, 5.41) is 12.2. The van der Waals surface area contributed by atoms with E-state index < -0.39 is 23.7 Å². The van der Waals surface area contributed by atoms with Crippen molar-refractivity contribution in [2.24, 2.45) is 0 Å². The molecule has 6 heteroatoms. The van der Waals surface area contributed by atoms with Gasteiger partial charge in [-0.15, -0.1) is 0 Å². The summed E-state index contributed by atoms with van der Waals surface area (Å²) in [6.07, 6.45) is -0.512. The Balaban J connectivity index is 2.38. The lowest BCUT2D eigenvalue weighted by atomic mass is 10.2. The zero-order valence-electron chi connectivity index (χ0n) is 9.95. The van der Waals surface area contributed by atoms with Crippen molar-refractivity contribution in [2.75, 3.05) is 19.0 Å². The van der Waals surface area contributed by atoms with Crippen LogP contribution in [0.25, 0.3) is 0 Å². The van der Waals surface area contributed by atoms with Crippen LogP contribution in [0.5, 0.6) is 0 Å². The molecule has 0 saturated heterocycles. The lowest BCUT2D eigenvalue weighted by Gasteiger charge is -2.12. The summed E-state index contributed by atoms with van der Waals surface area (Å²) in [5.41, 5.74) is 0.105. The van der Waals surface area contributed by atoms with Crippen LogP contribution in [-0.4, -0.2) is 30.8 Å². The minimum absolute atomic E-state index is 0.0690. The molecule has 4 nitrogen and oxygen atoms in total. The van der Waals surface area contributed by atoms with E-state index in [0.717, 1.165) is 12.1 Å². The van der Waals surface area contributed by atoms with Gasteiger partial charge in [-0.3, -0.25) is 4.79 Å². The Morgan fingerprint density at radius 2 is 2.22 bits per heavy atom. The van der Waals surface area contributed by atoms with Crippen LogP contribution < -0.4 is 5.32 Å². The molecule has 1 aromatic rings.